The van der Waals surface area contributed by atoms with Crippen molar-refractivity contribution < 1.29 is 19.7 Å². The van der Waals surface area contributed by atoms with Gasteiger partial charge in [0.15, 0.2) is 0 Å². The lowest BCUT2D eigenvalue weighted by atomic mass is 9.43. The Kier molecular flexibility index (Phi) is 4.38. The van der Waals surface area contributed by atoms with Crippen molar-refractivity contribution in [3.63, 3.8) is 0 Å². The van der Waals surface area contributed by atoms with E-state index in [-0.39, 0.29) is 17.3 Å². The Morgan fingerprint density at radius 3 is 2.50 bits per heavy atom. The fourth-order valence-corrected chi connectivity index (χ4v) is 5.99. The highest BCUT2D eigenvalue weighted by atomic mass is 16.3. The van der Waals surface area contributed by atoms with E-state index in [1.807, 2.05) is 19.1 Å². The first-order chi connectivity index (χ1) is 11.1. The molecule has 136 valence electrons. The summed E-state index contributed by atoms with van der Waals surface area (Å²) in [6, 6.07) is 3.78. The fourth-order valence-electron chi connectivity index (χ4n) is 5.99. The zero-order chi connectivity index (χ0) is 17.8. The van der Waals surface area contributed by atoms with Crippen LogP contribution in [0.25, 0.3) is 0 Å². The van der Waals surface area contributed by atoms with E-state index < -0.39 is 23.2 Å². The number of rotatable bonds is 3. The van der Waals surface area contributed by atoms with E-state index in [1.165, 1.54) is 0 Å². The molecule has 0 aliphatic heterocycles. The normalized spacial score (nSPS) is 45.0. The summed E-state index contributed by atoms with van der Waals surface area (Å²) in [4.78, 5) is 0. The quantitative estimate of drug-likeness (QED) is 0.793. The van der Waals surface area contributed by atoms with Crippen LogP contribution in [0.5, 0.6) is 0 Å². The van der Waals surface area contributed by atoms with Crippen LogP contribution >= 0.6 is 0 Å². The second-order valence-corrected chi connectivity index (χ2v) is 9.01. The molecular formula is C20H32O4. The molecule has 6 atom stereocenters. The number of furan rings is 1. The molecule has 3 N–H and O–H groups in total. The van der Waals surface area contributed by atoms with Gasteiger partial charge in [0.05, 0.1) is 24.1 Å². The molecule has 0 saturated heterocycles. The molecule has 0 bridgehead atoms. The van der Waals surface area contributed by atoms with Crippen LogP contribution in [0.3, 0.4) is 0 Å². The number of hydrogen-bond acceptors (Lipinski definition) is 4. The molecular weight excluding hydrogens is 304 g/mol. The van der Waals surface area contributed by atoms with Crippen LogP contribution in [-0.2, 0) is 6.42 Å². The number of aryl methyl sites for hydroxylation is 1. The Morgan fingerprint density at radius 1 is 1.17 bits per heavy atom. The van der Waals surface area contributed by atoms with Crippen molar-refractivity contribution in [2.75, 3.05) is 0 Å². The van der Waals surface area contributed by atoms with Crippen LogP contribution in [0.4, 0.5) is 0 Å². The van der Waals surface area contributed by atoms with Gasteiger partial charge < -0.3 is 19.7 Å². The summed E-state index contributed by atoms with van der Waals surface area (Å²) >= 11 is 0. The molecule has 4 nitrogen and oxygen atoms in total. The largest absolute Gasteiger partial charge is 0.469 e. The van der Waals surface area contributed by atoms with Crippen molar-refractivity contribution in [1.82, 2.24) is 0 Å². The van der Waals surface area contributed by atoms with Crippen LogP contribution in [0.15, 0.2) is 22.8 Å². The molecule has 2 fully saturated rings. The molecule has 1 aromatic rings. The van der Waals surface area contributed by atoms with Crippen LogP contribution in [0.1, 0.15) is 59.1 Å². The van der Waals surface area contributed by atoms with Crippen molar-refractivity contribution in [2.45, 2.75) is 77.6 Å². The standard InChI is InChI=1S/C20H32O4/c1-13-15(21)16(22)17-18(2,3)9-6-10-19(17,4)20(13,23)11-8-14-7-5-12-24-14/h5,7,12-13,15-17,21-23H,6,8-11H2,1-4H3/t13-,15-,16-,17+,19+,20-/m1/s1. The zero-order valence-electron chi connectivity index (χ0n) is 15.3. The van der Waals surface area contributed by atoms with E-state index in [0.29, 0.717) is 12.8 Å². The number of hydrogen-bond donors (Lipinski definition) is 3. The predicted molar refractivity (Wildman–Crippen MR) is 92.4 cm³/mol. The minimum absolute atomic E-state index is 0.105. The lowest BCUT2D eigenvalue weighted by Crippen LogP contribution is -2.70. The Balaban J connectivity index is 1.98. The van der Waals surface area contributed by atoms with Gasteiger partial charge in [-0.25, -0.2) is 0 Å². The highest BCUT2D eigenvalue weighted by Gasteiger charge is 2.66. The highest BCUT2D eigenvalue weighted by Crippen LogP contribution is 2.63. The maximum atomic E-state index is 11.8. The summed E-state index contributed by atoms with van der Waals surface area (Å²) in [6.45, 7) is 8.31. The molecule has 0 amide bonds. The smallest absolute Gasteiger partial charge is 0.103 e. The van der Waals surface area contributed by atoms with E-state index in [0.717, 1.165) is 25.0 Å². The van der Waals surface area contributed by atoms with Gasteiger partial charge in [0.2, 0.25) is 0 Å². The lowest BCUT2D eigenvalue weighted by molar-refractivity contribution is -0.278. The second kappa shape index (κ2) is 5.86. The van der Waals surface area contributed by atoms with Gasteiger partial charge in [-0.3, -0.25) is 0 Å². The van der Waals surface area contributed by atoms with Crippen LogP contribution in [-0.4, -0.2) is 33.1 Å². The van der Waals surface area contributed by atoms with Gasteiger partial charge in [0.25, 0.3) is 0 Å². The molecule has 2 saturated carbocycles. The average Bonchev–Trinajstić information content (AvgIpc) is 3.02. The lowest BCUT2D eigenvalue weighted by Gasteiger charge is -2.65. The van der Waals surface area contributed by atoms with Crippen molar-refractivity contribution in [3.8, 4) is 0 Å². The molecule has 4 heteroatoms. The monoisotopic (exact) mass is 336 g/mol. The van der Waals surface area contributed by atoms with Crippen molar-refractivity contribution >= 4 is 0 Å². The Hall–Kier alpha value is -0.840. The first kappa shape index (κ1) is 18.0. The second-order valence-electron chi connectivity index (χ2n) is 9.01. The van der Waals surface area contributed by atoms with E-state index >= 15 is 0 Å². The van der Waals surface area contributed by atoms with E-state index in [1.54, 1.807) is 6.26 Å². The summed E-state index contributed by atoms with van der Waals surface area (Å²) in [5.74, 6) is 0.357. The Morgan fingerprint density at radius 2 is 1.88 bits per heavy atom. The summed E-state index contributed by atoms with van der Waals surface area (Å²) in [5.41, 5.74) is -1.55. The van der Waals surface area contributed by atoms with Crippen molar-refractivity contribution in [3.05, 3.63) is 24.2 Å². The maximum Gasteiger partial charge on any atom is 0.103 e. The molecule has 1 aromatic heterocycles. The molecule has 2 aliphatic carbocycles. The molecule has 0 radical (unpaired) electrons. The highest BCUT2D eigenvalue weighted by molar-refractivity contribution is 5.16. The predicted octanol–water partition coefficient (Wildman–Crippen LogP) is 3.15. The van der Waals surface area contributed by atoms with Crippen molar-refractivity contribution in [2.24, 2.45) is 22.7 Å². The molecule has 0 unspecified atom stereocenters. The van der Waals surface area contributed by atoms with Gasteiger partial charge >= 0.3 is 0 Å². The van der Waals surface area contributed by atoms with Gasteiger partial charge in [-0.15, -0.1) is 0 Å². The Bertz CT molecular complexity index is 566. The summed E-state index contributed by atoms with van der Waals surface area (Å²) in [7, 11) is 0. The average molecular weight is 336 g/mol. The number of fused-ring (bicyclic) bond motifs is 1. The summed E-state index contributed by atoms with van der Waals surface area (Å²) < 4.78 is 5.44. The molecule has 0 aromatic carbocycles. The third-order valence-corrected chi connectivity index (χ3v) is 7.32. The molecule has 3 rings (SSSR count). The van der Waals surface area contributed by atoms with Gasteiger partial charge in [-0.1, -0.05) is 34.1 Å². The molecule has 0 spiro atoms. The molecule has 1 heterocycles. The van der Waals surface area contributed by atoms with E-state index in [4.69, 9.17) is 4.42 Å². The summed E-state index contributed by atoms with van der Waals surface area (Å²) in [5, 5.41) is 33.3. The van der Waals surface area contributed by atoms with Crippen LogP contribution < -0.4 is 0 Å². The van der Waals surface area contributed by atoms with Gasteiger partial charge in [-0.2, -0.15) is 0 Å². The van der Waals surface area contributed by atoms with Crippen LogP contribution in [0.2, 0.25) is 0 Å². The van der Waals surface area contributed by atoms with E-state index in [9.17, 15) is 15.3 Å². The minimum atomic E-state index is -1.03. The minimum Gasteiger partial charge on any atom is -0.469 e. The first-order valence-corrected chi connectivity index (χ1v) is 9.24. The third-order valence-electron chi connectivity index (χ3n) is 7.32. The maximum absolute atomic E-state index is 11.8. The van der Waals surface area contributed by atoms with Crippen molar-refractivity contribution in [1.29, 1.82) is 0 Å². The topological polar surface area (TPSA) is 73.8 Å². The van der Waals surface area contributed by atoms with Gasteiger partial charge in [0, 0.05) is 23.7 Å². The SMILES string of the molecule is C[C@@H]1[C@@H](O)[C@@H](O)[C@H]2C(C)(C)CCC[C@]2(C)[C@@]1(O)CCc1ccco1. The fraction of sp³-hybridized carbons (Fsp3) is 0.800. The number of aliphatic hydroxyl groups excluding tert-OH is 2. The number of aliphatic hydroxyl groups is 3. The van der Waals surface area contributed by atoms with Gasteiger partial charge in [-0.05, 0) is 36.8 Å². The third kappa shape index (κ3) is 2.46. The Labute approximate surface area is 144 Å². The van der Waals surface area contributed by atoms with E-state index in [2.05, 4.69) is 20.8 Å². The molecule has 2 aliphatic rings. The van der Waals surface area contributed by atoms with Gasteiger partial charge in [0.1, 0.15) is 5.76 Å². The van der Waals surface area contributed by atoms with Crippen LogP contribution in [0, 0.1) is 22.7 Å². The molecule has 24 heavy (non-hydrogen) atoms. The first-order valence-electron chi connectivity index (χ1n) is 9.24. The summed E-state index contributed by atoms with van der Waals surface area (Å²) in [6.07, 6.45) is 4.07. The zero-order valence-corrected chi connectivity index (χ0v) is 15.3.